The van der Waals surface area contributed by atoms with Crippen molar-refractivity contribution >= 4 is 47.5 Å². The molecular formula is C56H69N13O9. The third-order valence-corrected chi connectivity index (χ3v) is 13.0. The van der Waals surface area contributed by atoms with Crippen LogP contribution in [0.25, 0.3) is 22.5 Å². The van der Waals surface area contributed by atoms with Crippen LogP contribution < -0.4 is 28.1 Å². The van der Waals surface area contributed by atoms with Gasteiger partial charge in [-0.05, 0) is 153 Å². The first-order chi connectivity index (χ1) is 37.0. The fourth-order valence-corrected chi connectivity index (χ4v) is 9.15. The lowest BCUT2D eigenvalue weighted by Gasteiger charge is -2.36. The Morgan fingerprint density at radius 2 is 0.987 bits per heavy atom. The Kier molecular flexibility index (Phi) is 17.5. The van der Waals surface area contributed by atoms with Crippen molar-refractivity contribution in [3.05, 3.63) is 130 Å². The molecule has 412 valence electrons. The van der Waals surface area contributed by atoms with Crippen LogP contribution in [0, 0.1) is 0 Å². The SMILES string of the molecule is CCc1ccnc(NC(=O)c2ccc(-c3nc([C@@H]4CCCCN4C(=O)OC(C)(C)C)n(N)c3C(=O)O)cc2)c1.CCc1ccnc(NC(=O)c2ccc(-c3nc([C@@H]4CCCCN4C(=O)OC(C)(C)C)n(N)c3C(N)=O)cc2)c1. The lowest BCUT2D eigenvalue weighted by molar-refractivity contribution is 0.00723. The molecule has 0 bridgehead atoms. The van der Waals surface area contributed by atoms with Crippen molar-refractivity contribution < 1.29 is 43.3 Å². The van der Waals surface area contributed by atoms with Gasteiger partial charge in [0.2, 0.25) is 0 Å². The van der Waals surface area contributed by atoms with Gasteiger partial charge in [0.15, 0.2) is 23.0 Å². The van der Waals surface area contributed by atoms with E-state index in [-0.39, 0.29) is 40.4 Å². The maximum atomic E-state index is 13.0. The smallest absolute Gasteiger partial charge is 0.410 e. The standard InChI is InChI=1S/C28H35N7O4.C28H34N6O5/c1-5-17-13-14-31-21(16-17)32-26(37)19-11-9-18(10-12-19)22-23(24(29)36)35(30)25(33-22)20-8-6-7-15-34(20)27(38)39-28(2,3)4;1-5-17-13-14-30-21(16-17)31-25(35)19-11-9-18(10-12-19)22-23(26(36)37)34(29)24(32-22)20-8-6-7-15-33(20)27(38)39-28(2,3)4/h9-14,16,20H,5-8,15,30H2,1-4H3,(H2,29,36)(H,31,32,37);9-14,16,20H,5-8,15,29H2,1-4H3,(H,36,37)(H,30,31,35)/t2*20-/m00/s1. The van der Waals surface area contributed by atoms with E-state index in [0.29, 0.717) is 65.6 Å². The number of likely N-dealkylation sites (tertiary alicyclic amines) is 2. The number of aromatic carboxylic acids is 1. The third-order valence-electron chi connectivity index (χ3n) is 13.0. The van der Waals surface area contributed by atoms with Crippen molar-refractivity contribution in [3.63, 3.8) is 0 Å². The maximum Gasteiger partial charge on any atom is 0.410 e. The molecule has 78 heavy (non-hydrogen) atoms. The summed E-state index contributed by atoms with van der Waals surface area (Å²) in [4.78, 5) is 97.0. The van der Waals surface area contributed by atoms with E-state index >= 15 is 0 Å². The second kappa shape index (κ2) is 24.0. The fraction of sp³-hybridized carbons (Fsp3) is 0.393. The number of piperidine rings is 2. The number of carboxylic acids is 1. The normalized spacial score (nSPS) is 15.6. The number of rotatable bonds is 12. The zero-order chi connectivity index (χ0) is 56.6. The van der Waals surface area contributed by atoms with Gasteiger partial charge >= 0.3 is 18.2 Å². The van der Waals surface area contributed by atoms with Crippen molar-refractivity contribution in [1.29, 1.82) is 0 Å². The summed E-state index contributed by atoms with van der Waals surface area (Å²) >= 11 is 0. The number of nitrogens with two attached hydrogens (primary N) is 3. The summed E-state index contributed by atoms with van der Waals surface area (Å²) in [6.45, 7) is 15.8. The summed E-state index contributed by atoms with van der Waals surface area (Å²) in [5.41, 5.74) is 8.50. The van der Waals surface area contributed by atoms with Gasteiger partial charge in [-0.25, -0.2) is 43.7 Å². The summed E-state index contributed by atoms with van der Waals surface area (Å²) in [5.74, 6) is 11.5. The van der Waals surface area contributed by atoms with Crippen LogP contribution in [0.3, 0.4) is 0 Å². The molecule has 2 saturated heterocycles. The van der Waals surface area contributed by atoms with Gasteiger partial charge in [0, 0.05) is 47.7 Å². The third kappa shape index (κ3) is 13.6. The van der Waals surface area contributed by atoms with Gasteiger partial charge in [-0.3, -0.25) is 24.2 Å². The van der Waals surface area contributed by atoms with Crippen molar-refractivity contribution in [3.8, 4) is 22.5 Å². The van der Waals surface area contributed by atoms with E-state index in [1.165, 1.54) is 0 Å². The predicted octanol–water partition coefficient (Wildman–Crippen LogP) is 8.67. The molecular weight excluding hydrogens is 999 g/mol. The Morgan fingerprint density at radius 1 is 0.603 bits per heavy atom. The van der Waals surface area contributed by atoms with Crippen LogP contribution in [0.15, 0.2) is 85.2 Å². The van der Waals surface area contributed by atoms with Crippen LogP contribution in [0.5, 0.6) is 0 Å². The number of ether oxygens (including phenoxy) is 2. The van der Waals surface area contributed by atoms with Gasteiger partial charge in [-0.1, -0.05) is 38.1 Å². The minimum atomic E-state index is -1.26. The van der Waals surface area contributed by atoms with E-state index in [1.54, 1.807) is 112 Å². The molecule has 5 amide bonds. The van der Waals surface area contributed by atoms with Crippen molar-refractivity contribution in [2.45, 2.75) is 130 Å². The van der Waals surface area contributed by atoms with E-state index in [1.807, 2.05) is 38.1 Å². The average Bonchev–Trinajstić information content (AvgIpc) is 4.04. The van der Waals surface area contributed by atoms with Crippen molar-refractivity contribution in [2.24, 2.45) is 5.73 Å². The van der Waals surface area contributed by atoms with E-state index in [4.69, 9.17) is 31.9 Å². The van der Waals surface area contributed by atoms with Crippen LogP contribution in [0.1, 0.15) is 170 Å². The number of carbonyl (C=O) groups is 6. The number of carbonyl (C=O) groups excluding carboxylic acids is 5. The second-order valence-corrected chi connectivity index (χ2v) is 21.0. The molecule has 0 spiro atoms. The number of carboxylic acid groups (broad SMARTS) is 1. The average molecular weight is 1070 g/mol. The molecule has 4 aromatic heterocycles. The first-order valence-electron chi connectivity index (χ1n) is 26.0. The summed E-state index contributed by atoms with van der Waals surface area (Å²) < 4.78 is 13.4. The number of nitrogens with zero attached hydrogens (tertiary/aromatic N) is 8. The van der Waals surface area contributed by atoms with E-state index in [2.05, 4.69) is 25.6 Å². The molecule has 0 saturated carbocycles. The Balaban J connectivity index is 0.000000226. The van der Waals surface area contributed by atoms with E-state index in [0.717, 1.165) is 59.0 Å². The van der Waals surface area contributed by atoms with Gasteiger partial charge in [0.25, 0.3) is 17.7 Å². The topological polar surface area (TPSA) is 311 Å². The molecule has 22 heteroatoms. The number of aryl methyl sites for hydroxylation is 2. The number of amides is 5. The number of benzene rings is 2. The summed E-state index contributed by atoms with van der Waals surface area (Å²) in [7, 11) is 0. The molecule has 6 aromatic rings. The van der Waals surface area contributed by atoms with Gasteiger partial charge in [-0.15, -0.1) is 0 Å². The van der Waals surface area contributed by atoms with Crippen LogP contribution in [0.2, 0.25) is 0 Å². The first kappa shape index (κ1) is 56.9. The predicted molar refractivity (Wildman–Crippen MR) is 293 cm³/mol. The quantitative estimate of drug-likeness (QED) is 0.0625. The molecule has 2 aliphatic heterocycles. The highest BCUT2D eigenvalue weighted by Gasteiger charge is 2.38. The largest absolute Gasteiger partial charge is 0.476 e. The number of pyridine rings is 2. The number of hydrogen-bond acceptors (Lipinski definition) is 14. The number of aromatic nitrogens is 6. The van der Waals surface area contributed by atoms with Gasteiger partial charge in [-0.2, -0.15) is 0 Å². The van der Waals surface area contributed by atoms with Gasteiger partial charge < -0.3 is 42.6 Å². The molecule has 2 aliphatic rings. The highest BCUT2D eigenvalue weighted by molar-refractivity contribution is 6.05. The van der Waals surface area contributed by atoms with Crippen LogP contribution in [-0.2, 0) is 22.3 Å². The maximum absolute atomic E-state index is 13.0. The molecule has 22 nitrogen and oxygen atoms in total. The molecule has 2 fully saturated rings. The molecule has 0 radical (unpaired) electrons. The molecule has 2 atom stereocenters. The summed E-state index contributed by atoms with van der Waals surface area (Å²) in [6.07, 6.45) is 8.45. The molecule has 9 N–H and O–H groups in total. The Morgan fingerprint density at radius 3 is 1.35 bits per heavy atom. The van der Waals surface area contributed by atoms with Crippen molar-refractivity contribution in [2.75, 3.05) is 35.4 Å². The van der Waals surface area contributed by atoms with Gasteiger partial charge in [0.05, 0.1) is 12.1 Å². The highest BCUT2D eigenvalue weighted by atomic mass is 16.6. The number of imidazole rings is 2. The van der Waals surface area contributed by atoms with Crippen LogP contribution in [-0.4, -0.2) is 104 Å². The van der Waals surface area contributed by atoms with E-state index in [9.17, 15) is 33.9 Å². The summed E-state index contributed by atoms with van der Waals surface area (Å²) in [6, 6.07) is 19.4. The Bertz CT molecular complexity index is 2960. The Hall–Kier alpha value is -8.82. The zero-order valence-corrected chi connectivity index (χ0v) is 45.3. The number of anilines is 2. The fourth-order valence-electron chi connectivity index (χ4n) is 9.15. The number of nitrogens with one attached hydrogen (secondary N) is 2. The van der Waals surface area contributed by atoms with Crippen LogP contribution in [0.4, 0.5) is 21.2 Å². The highest BCUT2D eigenvalue weighted by Crippen LogP contribution is 2.37. The number of nitrogen functional groups attached to an aromatic ring is 2. The first-order valence-corrected chi connectivity index (χ1v) is 26.0. The molecule has 2 aromatic carbocycles. The molecule has 6 heterocycles. The summed E-state index contributed by atoms with van der Waals surface area (Å²) in [5, 5.41) is 15.6. The Labute approximate surface area is 452 Å². The van der Waals surface area contributed by atoms with Crippen LogP contribution >= 0.6 is 0 Å². The minimum absolute atomic E-state index is 0.0116. The monoisotopic (exact) mass is 1070 g/mol. The van der Waals surface area contributed by atoms with Crippen molar-refractivity contribution in [1.82, 2.24) is 39.1 Å². The van der Waals surface area contributed by atoms with E-state index < -0.39 is 47.3 Å². The minimum Gasteiger partial charge on any atom is -0.476 e. The number of primary amides is 1. The van der Waals surface area contributed by atoms with Gasteiger partial charge in [0.1, 0.15) is 34.2 Å². The molecule has 0 aliphatic carbocycles. The lowest BCUT2D eigenvalue weighted by atomic mass is 10.0. The second-order valence-electron chi connectivity index (χ2n) is 21.0. The molecule has 8 rings (SSSR count). The molecule has 0 unspecified atom stereocenters. The number of hydrogen-bond donors (Lipinski definition) is 6. The lowest BCUT2D eigenvalue weighted by Crippen LogP contribution is -2.43. The zero-order valence-electron chi connectivity index (χ0n) is 45.3.